The minimum atomic E-state index is 1.12. The molecule has 0 amide bonds. The first-order valence-electron chi connectivity index (χ1n) is 22.0. The smallest absolute Gasteiger partial charge is 0.0540 e. The summed E-state index contributed by atoms with van der Waals surface area (Å²) in [5.41, 5.74) is 23.5. The van der Waals surface area contributed by atoms with Gasteiger partial charge in [0.15, 0.2) is 0 Å². The van der Waals surface area contributed by atoms with E-state index in [0.29, 0.717) is 0 Å². The van der Waals surface area contributed by atoms with Gasteiger partial charge in [-0.1, -0.05) is 194 Å². The first kappa shape index (κ1) is 37.3. The lowest BCUT2D eigenvalue weighted by atomic mass is 9.79. The van der Waals surface area contributed by atoms with Gasteiger partial charge in [0, 0.05) is 44.8 Å². The Morgan fingerprint density at radius 1 is 0.188 bits per heavy atom. The van der Waals surface area contributed by atoms with Crippen LogP contribution in [0, 0.1) is 0 Å². The summed E-state index contributed by atoms with van der Waals surface area (Å²) in [6.07, 6.45) is 0. The Bertz CT molecular complexity index is 2930. The maximum Gasteiger partial charge on any atom is 0.0540 e. The minimum Gasteiger partial charge on any atom is -0.309 e. The molecule has 10 aromatic rings. The molecule has 0 saturated carbocycles. The summed E-state index contributed by atoms with van der Waals surface area (Å²) >= 11 is 0. The summed E-state index contributed by atoms with van der Waals surface area (Å²) in [6, 6.07) is 92.9. The number of hydrogen-bond acceptors (Lipinski definition) is 2. The lowest BCUT2D eigenvalue weighted by Gasteiger charge is -2.39. The van der Waals surface area contributed by atoms with Gasteiger partial charge in [-0.15, -0.1) is 0 Å². The Hall–Kier alpha value is -8.46. The predicted octanol–water partition coefficient (Wildman–Crippen LogP) is 16.9. The summed E-state index contributed by atoms with van der Waals surface area (Å²) in [7, 11) is 0. The Kier molecular flexibility index (Phi) is 9.20. The first-order valence-corrected chi connectivity index (χ1v) is 22.0. The number of fused-ring (bicyclic) bond motifs is 4. The van der Waals surface area contributed by atoms with E-state index in [1.807, 2.05) is 0 Å². The van der Waals surface area contributed by atoms with Crippen LogP contribution in [0.1, 0.15) is 22.3 Å². The van der Waals surface area contributed by atoms with E-state index in [0.717, 1.165) is 34.1 Å². The van der Waals surface area contributed by atoms with Gasteiger partial charge in [0.2, 0.25) is 0 Å². The van der Waals surface area contributed by atoms with Crippen molar-refractivity contribution < 1.29 is 0 Å². The van der Waals surface area contributed by atoms with E-state index in [1.165, 1.54) is 77.9 Å². The van der Waals surface area contributed by atoms with Crippen molar-refractivity contribution in [1.29, 1.82) is 0 Å². The van der Waals surface area contributed by atoms with Crippen LogP contribution in [0.3, 0.4) is 0 Å². The summed E-state index contributed by atoms with van der Waals surface area (Å²) in [5.74, 6) is 0. The van der Waals surface area contributed by atoms with Crippen molar-refractivity contribution in [3.05, 3.63) is 277 Å². The standard InChI is InChI=1S/C62H42N2/c1-5-21-43(22-6-1)47-37-48(44-23-7-2-8-24-44)40-51(39-47)63-57-33-17-13-29-53(57)61(54-30-14-18-34-58(54)63)62-55-31-15-19-35-59(55)64(60-36-20-16-32-56(60)62)52-41-49(45-25-9-3-10-26-45)38-50(42-52)46-27-11-4-12-28-46/h1-42H. The van der Waals surface area contributed by atoms with Gasteiger partial charge in [0.25, 0.3) is 0 Å². The van der Waals surface area contributed by atoms with Crippen LogP contribution in [0.15, 0.2) is 255 Å². The van der Waals surface area contributed by atoms with E-state index in [1.54, 1.807) is 0 Å². The highest BCUT2D eigenvalue weighted by molar-refractivity contribution is 6.17. The van der Waals surface area contributed by atoms with Crippen LogP contribution in [0.2, 0.25) is 0 Å². The SMILES string of the molecule is c1ccc(-c2cc(-c3ccccc3)cc(N3c4ccccc4C(=C4c5ccccc5N(c5cc(-c6ccccc6)cc(-c6ccccc6)c5)c5ccccc54)c4ccccc43)c2)cc1. The normalized spacial score (nSPS) is 12.6. The molecule has 300 valence electrons. The molecule has 0 aromatic heterocycles. The lowest BCUT2D eigenvalue weighted by molar-refractivity contribution is 1.22. The van der Waals surface area contributed by atoms with Crippen molar-refractivity contribution in [2.45, 2.75) is 0 Å². The molecule has 0 atom stereocenters. The lowest BCUT2D eigenvalue weighted by Crippen LogP contribution is -2.22. The van der Waals surface area contributed by atoms with Crippen LogP contribution in [0.5, 0.6) is 0 Å². The van der Waals surface area contributed by atoms with E-state index in [-0.39, 0.29) is 0 Å². The fraction of sp³-hybridized carbons (Fsp3) is 0. The summed E-state index contributed by atoms with van der Waals surface area (Å²) in [6.45, 7) is 0. The van der Waals surface area contributed by atoms with Crippen LogP contribution >= 0.6 is 0 Å². The highest BCUT2D eigenvalue weighted by atomic mass is 15.2. The fourth-order valence-corrected chi connectivity index (χ4v) is 9.83. The first-order chi connectivity index (χ1) is 31.8. The highest BCUT2D eigenvalue weighted by Gasteiger charge is 2.35. The fourth-order valence-electron chi connectivity index (χ4n) is 9.83. The predicted molar refractivity (Wildman–Crippen MR) is 269 cm³/mol. The van der Waals surface area contributed by atoms with Gasteiger partial charge < -0.3 is 9.80 Å². The molecular formula is C62H42N2. The van der Waals surface area contributed by atoms with Gasteiger partial charge in [-0.2, -0.15) is 0 Å². The quantitative estimate of drug-likeness (QED) is 0.165. The summed E-state index contributed by atoms with van der Waals surface area (Å²) in [4.78, 5) is 4.95. The van der Waals surface area contributed by atoms with E-state index < -0.39 is 0 Å². The molecule has 2 nitrogen and oxygen atoms in total. The van der Waals surface area contributed by atoms with Crippen molar-refractivity contribution >= 4 is 45.3 Å². The van der Waals surface area contributed by atoms with E-state index in [2.05, 4.69) is 265 Å². The second-order valence-electron chi connectivity index (χ2n) is 16.5. The molecule has 0 bridgehead atoms. The average Bonchev–Trinajstić information content (AvgIpc) is 3.38. The molecule has 0 saturated heterocycles. The molecule has 0 radical (unpaired) electrons. The number of nitrogens with zero attached hydrogens (tertiary/aromatic N) is 2. The third kappa shape index (κ3) is 6.44. The second-order valence-corrected chi connectivity index (χ2v) is 16.5. The monoisotopic (exact) mass is 814 g/mol. The molecule has 0 fully saturated rings. The third-order valence-corrected chi connectivity index (χ3v) is 12.7. The van der Waals surface area contributed by atoms with Gasteiger partial charge in [0.1, 0.15) is 0 Å². The third-order valence-electron chi connectivity index (χ3n) is 12.7. The van der Waals surface area contributed by atoms with Crippen LogP contribution in [0.4, 0.5) is 34.1 Å². The second kappa shape index (κ2) is 15.8. The largest absolute Gasteiger partial charge is 0.309 e. The zero-order valence-electron chi connectivity index (χ0n) is 35.1. The maximum absolute atomic E-state index is 2.47. The van der Waals surface area contributed by atoms with Crippen molar-refractivity contribution in [1.82, 2.24) is 0 Å². The van der Waals surface area contributed by atoms with Crippen LogP contribution < -0.4 is 9.80 Å². The van der Waals surface area contributed by atoms with Crippen LogP contribution in [0.25, 0.3) is 55.7 Å². The molecule has 0 unspecified atom stereocenters. The molecule has 64 heavy (non-hydrogen) atoms. The highest BCUT2D eigenvalue weighted by Crippen LogP contribution is 2.57. The van der Waals surface area contributed by atoms with E-state index >= 15 is 0 Å². The zero-order chi connectivity index (χ0) is 42.4. The Morgan fingerprint density at radius 2 is 0.406 bits per heavy atom. The van der Waals surface area contributed by atoms with E-state index in [9.17, 15) is 0 Å². The van der Waals surface area contributed by atoms with Crippen molar-refractivity contribution in [3.8, 4) is 44.5 Å². The van der Waals surface area contributed by atoms with Gasteiger partial charge >= 0.3 is 0 Å². The van der Waals surface area contributed by atoms with Crippen LogP contribution in [-0.2, 0) is 0 Å². The molecule has 2 heterocycles. The Labute approximate surface area is 374 Å². The van der Waals surface area contributed by atoms with Crippen molar-refractivity contribution in [3.63, 3.8) is 0 Å². The van der Waals surface area contributed by atoms with Gasteiger partial charge in [-0.3, -0.25) is 0 Å². The van der Waals surface area contributed by atoms with Crippen molar-refractivity contribution in [2.75, 3.05) is 9.80 Å². The number of rotatable bonds is 6. The topological polar surface area (TPSA) is 6.48 Å². The summed E-state index contributed by atoms with van der Waals surface area (Å²) in [5, 5.41) is 0. The average molecular weight is 815 g/mol. The number of benzene rings is 10. The molecule has 2 aliphatic heterocycles. The number of hydrogen-bond donors (Lipinski definition) is 0. The molecular weight excluding hydrogens is 773 g/mol. The van der Waals surface area contributed by atoms with Gasteiger partial charge in [-0.05, 0) is 105 Å². The summed E-state index contributed by atoms with van der Waals surface area (Å²) < 4.78 is 0. The molecule has 2 aliphatic rings. The molecule has 0 N–H and O–H groups in total. The molecule has 2 heteroatoms. The Balaban J connectivity index is 1.09. The molecule has 10 aromatic carbocycles. The molecule has 0 aliphatic carbocycles. The Morgan fingerprint density at radius 3 is 0.656 bits per heavy atom. The van der Waals surface area contributed by atoms with Gasteiger partial charge in [-0.25, -0.2) is 0 Å². The van der Waals surface area contributed by atoms with E-state index in [4.69, 9.17) is 0 Å². The maximum atomic E-state index is 2.47. The van der Waals surface area contributed by atoms with Crippen LogP contribution in [-0.4, -0.2) is 0 Å². The van der Waals surface area contributed by atoms with Crippen molar-refractivity contribution in [2.24, 2.45) is 0 Å². The number of para-hydroxylation sites is 4. The molecule has 0 spiro atoms. The van der Waals surface area contributed by atoms with Gasteiger partial charge in [0.05, 0.1) is 22.7 Å². The minimum absolute atomic E-state index is 1.12. The number of anilines is 6. The zero-order valence-corrected chi connectivity index (χ0v) is 35.1. The molecule has 12 rings (SSSR count).